The summed E-state index contributed by atoms with van der Waals surface area (Å²) in [6, 6.07) is 5.95. The van der Waals surface area contributed by atoms with Gasteiger partial charge in [-0.25, -0.2) is 8.78 Å². The molecular weight excluding hydrogens is 813 g/mol. The summed E-state index contributed by atoms with van der Waals surface area (Å²) in [5, 5.41) is 11.7. The molecule has 0 radical (unpaired) electrons. The molecule has 63 heavy (non-hydrogen) atoms. The van der Waals surface area contributed by atoms with Crippen molar-refractivity contribution in [2.45, 2.75) is 109 Å². The third kappa shape index (κ3) is 7.18. The molecule has 10 rings (SSSR count). The smallest absolute Gasteiger partial charge is 0.264 e. The van der Waals surface area contributed by atoms with Gasteiger partial charge in [0.2, 0.25) is 23.6 Å². The van der Waals surface area contributed by atoms with Crippen molar-refractivity contribution >= 4 is 46.9 Å². The number of rotatable bonds is 7. The number of aromatic nitrogens is 4. The van der Waals surface area contributed by atoms with E-state index >= 15 is 0 Å². The van der Waals surface area contributed by atoms with Crippen molar-refractivity contribution < 1.29 is 37.5 Å². The molecule has 17 heteroatoms. The second-order valence-electron chi connectivity index (χ2n) is 18.0. The maximum atomic E-state index is 14.7. The van der Waals surface area contributed by atoms with Crippen molar-refractivity contribution in [3.63, 3.8) is 0 Å². The quantitative estimate of drug-likeness (QED) is 0.243. The third-order valence-corrected chi connectivity index (χ3v) is 14.1. The topological polar surface area (TPSA) is 163 Å². The Hall–Kier alpha value is -6.26. The summed E-state index contributed by atoms with van der Waals surface area (Å²) in [5.74, 6) is -1.28. The standard InChI is InChI=1S/C46H49F2N9O6/c1-25(58)53-15-12-37-36(24-53)43(55-13-3-4-28-18-32(30-21-49-52(2)22-30)33(42(47)48)20-39(28)55)51-57(37)31-7-5-26(6-8-31)16-41(60)54-14-11-27-17-34-35(19-29(27)23-54)46(63)56(45(34)62)38-9-10-40(59)50-44(38)61/h17-22,26,31,38,42H,3-16,23-24H2,1-2H3,(H,50,59,61). The lowest BCUT2D eigenvalue weighted by Crippen LogP contribution is -2.54. The van der Waals surface area contributed by atoms with Crippen LogP contribution in [-0.4, -0.2) is 95.4 Å². The normalized spacial score (nSPS) is 22.3. The minimum absolute atomic E-state index is 0.0224. The molecule has 1 saturated heterocycles. The fraction of sp³-hybridized carbons (Fsp3) is 0.478. The highest BCUT2D eigenvalue weighted by Crippen LogP contribution is 2.45. The number of aryl methyl sites for hydroxylation is 2. The van der Waals surface area contributed by atoms with Gasteiger partial charge in [0.25, 0.3) is 18.2 Å². The molecule has 0 bridgehead atoms. The van der Waals surface area contributed by atoms with Crippen molar-refractivity contribution in [1.82, 2.24) is 39.6 Å². The number of amides is 6. The summed E-state index contributed by atoms with van der Waals surface area (Å²) < 4.78 is 33.2. The number of hydrogen-bond acceptors (Lipinski definition) is 9. The van der Waals surface area contributed by atoms with E-state index < -0.39 is 36.1 Å². The molecule has 7 heterocycles. The third-order valence-electron chi connectivity index (χ3n) is 14.1. The molecule has 1 unspecified atom stereocenters. The van der Waals surface area contributed by atoms with Crippen molar-refractivity contribution in [3.8, 4) is 11.1 Å². The second-order valence-corrected chi connectivity index (χ2v) is 18.0. The molecule has 1 N–H and O–H groups in total. The molecule has 2 aromatic carbocycles. The van der Waals surface area contributed by atoms with Crippen LogP contribution >= 0.6 is 0 Å². The Kier molecular flexibility index (Phi) is 10.2. The van der Waals surface area contributed by atoms with E-state index in [9.17, 15) is 37.5 Å². The average molecular weight is 862 g/mol. The molecule has 5 aliphatic heterocycles. The van der Waals surface area contributed by atoms with E-state index in [0.717, 1.165) is 77.1 Å². The summed E-state index contributed by atoms with van der Waals surface area (Å²) in [4.78, 5) is 84.3. The highest BCUT2D eigenvalue weighted by atomic mass is 19.3. The Bertz CT molecular complexity index is 2610. The van der Waals surface area contributed by atoms with E-state index in [1.54, 1.807) is 49.2 Å². The summed E-state index contributed by atoms with van der Waals surface area (Å²) in [6.45, 7) is 3.96. The minimum atomic E-state index is -2.69. The van der Waals surface area contributed by atoms with Gasteiger partial charge in [0.05, 0.1) is 29.9 Å². The zero-order valence-electron chi connectivity index (χ0n) is 35.4. The summed E-state index contributed by atoms with van der Waals surface area (Å²) in [5.41, 5.74) is 6.97. The van der Waals surface area contributed by atoms with E-state index in [4.69, 9.17) is 5.10 Å². The second kappa shape index (κ2) is 15.8. The average Bonchev–Trinajstić information content (AvgIpc) is 3.95. The van der Waals surface area contributed by atoms with Crippen LogP contribution < -0.4 is 10.2 Å². The number of benzene rings is 2. The van der Waals surface area contributed by atoms with E-state index in [0.29, 0.717) is 68.9 Å². The summed E-state index contributed by atoms with van der Waals surface area (Å²) in [7, 11) is 1.77. The number of piperidine rings is 1. The molecule has 15 nitrogen and oxygen atoms in total. The predicted octanol–water partition coefficient (Wildman–Crippen LogP) is 5.32. The van der Waals surface area contributed by atoms with Gasteiger partial charge in [-0.1, -0.05) is 0 Å². The van der Waals surface area contributed by atoms with Crippen molar-refractivity contribution in [2.75, 3.05) is 24.5 Å². The molecule has 2 aromatic heterocycles. The molecule has 328 valence electrons. The Morgan fingerprint density at radius 2 is 1.56 bits per heavy atom. The number of nitrogens with one attached hydrogen (secondary N) is 1. The maximum Gasteiger partial charge on any atom is 0.264 e. The Morgan fingerprint density at radius 1 is 0.825 bits per heavy atom. The molecular formula is C46H49F2N9O6. The van der Waals surface area contributed by atoms with Crippen LogP contribution in [0.3, 0.4) is 0 Å². The lowest BCUT2D eigenvalue weighted by atomic mass is 9.83. The molecule has 1 aliphatic carbocycles. The van der Waals surface area contributed by atoms with Gasteiger partial charge in [-0.05, 0) is 104 Å². The lowest BCUT2D eigenvalue weighted by molar-refractivity contribution is -0.136. The molecule has 1 saturated carbocycles. The summed E-state index contributed by atoms with van der Waals surface area (Å²) >= 11 is 0. The molecule has 0 spiro atoms. The van der Waals surface area contributed by atoms with Gasteiger partial charge in [-0.3, -0.25) is 48.3 Å². The van der Waals surface area contributed by atoms with Crippen LogP contribution in [0.4, 0.5) is 20.3 Å². The van der Waals surface area contributed by atoms with Gasteiger partial charge in [-0.2, -0.15) is 10.2 Å². The fourth-order valence-electron chi connectivity index (χ4n) is 10.8. The van der Waals surface area contributed by atoms with Gasteiger partial charge >= 0.3 is 0 Å². The number of carbonyl (C=O) groups excluding carboxylic acids is 6. The first-order chi connectivity index (χ1) is 30.3. The van der Waals surface area contributed by atoms with Crippen LogP contribution in [0.2, 0.25) is 0 Å². The summed E-state index contributed by atoms with van der Waals surface area (Å²) in [6.07, 6.45) is 7.20. The first kappa shape index (κ1) is 40.8. The van der Waals surface area contributed by atoms with Crippen LogP contribution in [-0.2, 0) is 58.6 Å². The van der Waals surface area contributed by atoms with Crippen LogP contribution in [0.15, 0.2) is 36.7 Å². The van der Waals surface area contributed by atoms with Gasteiger partial charge in [0.1, 0.15) is 6.04 Å². The van der Waals surface area contributed by atoms with E-state index in [2.05, 4.69) is 20.0 Å². The first-order valence-corrected chi connectivity index (χ1v) is 22.0. The molecule has 4 aromatic rings. The van der Waals surface area contributed by atoms with Crippen molar-refractivity contribution in [3.05, 3.63) is 81.3 Å². The van der Waals surface area contributed by atoms with Crippen LogP contribution in [0, 0.1) is 5.92 Å². The zero-order chi connectivity index (χ0) is 43.8. The number of imide groups is 2. The van der Waals surface area contributed by atoms with E-state index in [1.165, 1.54) is 0 Å². The molecule has 6 aliphatic rings. The molecule has 1 atom stereocenters. The monoisotopic (exact) mass is 861 g/mol. The Balaban J connectivity index is 0.839. The highest BCUT2D eigenvalue weighted by Gasteiger charge is 2.45. The Labute approximate surface area is 362 Å². The van der Waals surface area contributed by atoms with Gasteiger partial charge in [-0.15, -0.1) is 0 Å². The number of alkyl halides is 2. The number of nitrogens with zero attached hydrogens (tertiary/aromatic N) is 8. The number of halogens is 2. The van der Waals surface area contributed by atoms with Gasteiger partial charge in [0, 0.05) is 93.7 Å². The van der Waals surface area contributed by atoms with Crippen molar-refractivity contribution in [2.24, 2.45) is 13.0 Å². The van der Waals surface area contributed by atoms with Crippen LogP contribution in [0.1, 0.15) is 125 Å². The number of hydrogen-bond donors (Lipinski definition) is 1. The SMILES string of the molecule is CC(=O)N1CCc2c(c(N3CCCc4cc(-c5cnn(C)c5)c(C(F)F)cc43)nn2C2CCC(CC(=O)N3CCc4cc5c(cc4C3)C(=O)N(C3CCC(=O)NC3=O)C5=O)CC2)C1. The number of fused-ring (bicyclic) bond motifs is 4. The highest BCUT2D eigenvalue weighted by molar-refractivity contribution is 6.23. The Morgan fingerprint density at radius 3 is 2.25 bits per heavy atom. The largest absolute Gasteiger partial charge is 0.338 e. The van der Waals surface area contributed by atoms with E-state index in [-0.39, 0.29) is 53.3 Å². The van der Waals surface area contributed by atoms with Gasteiger partial charge in [0.15, 0.2) is 5.82 Å². The van der Waals surface area contributed by atoms with E-state index in [1.807, 2.05) is 15.9 Å². The minimum Gasteiger partial charge on any atom is -0.338 e. The van der Waals surface area contributed by atoms with Crippen LogP contribution in [0.5, 0.6) is 0 Å². The number of anilines is 2. The molecule has 2 fully saturated rings. The van der Waals surface area contributed by atoms with Gasteiger partial charge < -0.3 is 14.7 Å². The fourth-order valence-corrected chi connectivity index (χ4v) is 10.8. The zero-order valence-corrected chi connectivity index (χ0v) is 35.4. The lowest BCUT2D eigenvalue weighted by Gasteiger charge is -2.34. The number of carbonyl (C=O) groups is 6. The first-order valence-electron chi connectivity index (χ1n) is 22.0. The predicted molar refractivity (Wildman–Crippen MR) is 224 cm³/mol. The molecule has 6 amide bonds. The maximum absolute atomic E-state index is 14.7. The van der Waals surface area contributed by atoms with Crippen molar-refractivity contribution in [1.29, 1.82) is 0 Å². The van der Waals surface area contributed by atoms with Crippen LogP contribution in [0.25, 0.3) is 11.1 Å².